The van der Waals surface area contributed by atoms with Crippen LogP contribution in [0, 0.1) is 12.3 Å². The minimum Gasteiger partial charge on any atom is -0.310 e. The fraction of sp³-hybridized carbons (Fsp3) is 0.115. The van der Waals surface area contributed by atoms with Gasteiger partial charge in [0.25, 0.3) is 5.56 Å². The number of pyridine rings is 3. The molecule has 172 valence electrons. The number of hydrogen-bond acceptors (Lipinski definition) is 5. The summed E-state index contributed by atoms with van der Waals surface area (Å²) in [5.74, 6) is 2.50. The molecular formula is C26H18ClFN6O. The predicted molar refractivity (Wildman–Crippen MR) is 132 cm³/mol. The highest BCUT2D eigenvalue weighted by Gasteiger charge is 2.41. The molecule has 0 N–H and O–H groups in total. The van der Waals surface area contributed by atoms with Crippen molar-refractivity contribution in [1.29, 1.82) is 0 Å². The van der Waals surface area contributed by atoms with E-state index in [0.29, 0.717) is 38.6 Å². The molecule has 0 saturated carbocycles. The van der Waals surface area contributed by atoms with Crippen molar-refractivity contribution < 1.29 is 4.39 Å². The molecule has 7 nitrogen and oxygen atoms in total. The highest BCUT2D eigenvalue weighted by atomic mass is 35.5. The fourth-order valence-corrected chi connectivity index (χ4v) is 4.21. The van der Waals surface area contributed by atoms with Gasteiger partial charge in [-0.1, -0.05) is 40.9 Å². The summed E-state index contributed by atoms with van der Waals surface area (Å²) in [6.45, 7) is 0. The Morgan fingerprint density at radius 2 is 1.83 bits per heavy atom. The molecule has 0 radical (unpaired) electrons. The van der Waals surface area contributed by atoms with Gasteiger partial charge in [-0.2, -0.15) is 0 Å². The summed E-state index contributed by atoms with van der Waals surface area (Å²) >= 11 is 6.07. The maximum absolute atomic E-state index is 17.3. The van der Waals surface area contributed by atoms with E-state index in [9.17, 15) is 4.79 Å². The lowest BCUT2D eigenvalue weighted by atomic mass is 9.88. The first-order valence-electron chi connectivity index (χ1n) is 10.6. The van der Waals surface area contributed by atoms with E-state index in [4.69, 9.17) is 23.0 Å². The van der Waals surface area contributed by atoms with Crippen LogP contribution in [0.5, 0.6) is 0 Å². The number of halogens is 2. The van der Waals surface area contributed by atoms with E-state index in [1.807, 2.05) is 0 Å². The largest absolute Gasteiger partial charge is 0.310 e. The van der Waals surface area contributed by atoms with Gasteiger partial charge < -0.3 is 4.57 Å². The van der Waals surface area contributed by atoms with E-state index in [1.54, 1.807) is 68.7 Å². The molecule has 9 heteroatoms. The predicted octanol–water partition coefficient (Wildman–Crippen LogP) is 4.02. The van der Waals surface area contributed by atoms with Gasteiger partial charge in [0.05, 0.1) is 28.6 Å². The molecule has 0 fully saturated rings. The van der Waals surface area contributed by atoms with Crippen molar-refractivity contribution in [1.82, 2.24) is 29.5 Å². The van der Waals surface area contributed by atoms with Gasteiger partial charge >= 0.3 is 0 Å². The van der Waals surface area contributed by atoms with Gasteiger partial charge in [0.1, 0.15) is 11.4 Å². The standard InChI is InChI=1S/C26H18ClFN6O/c1-4-18-6-5-7-20(30-18)19-14-24(35)33(2)21-12-13-22(31-25(19)21)26(28,23-15-29-32-34(23)3)16-8-10-17(27)11-9-16/h1,5-15H,2-3H3/t26-/m1/s1. The van der Waals surface area contributed by atoms with Crippen molar-refractivity contribution in [2.24, 2.45) is 14.1 Å². The Morgan fingerprint density at radius 1 is 1.06 bits per heavy atom. The van der Waals surface area contributed by atoms with Crippen molar-refractivity contribution >= 4 is 22.6 Å². The lowest BCUT2D eigenvalue weighted by Gasteiger charge is -2.26. The first kappa shape index (κ1) is 22.4. The number of nitrogens with zero attached hydrogens (tertiary/aromatic N) is 6. The molecule has 1 aromatic carbocycles. The first-order chi connectivity index (χ1) is 16.8. The van der Waals surface area contributed by atoms with Crippen LogP contribution in [0.2, 0.25) is 5.02 Å². The lowest BCUT2D eigenvalue weighted by Crippen LogP contribution is -2.28. The van der Waals surface area contributed by atoms with E-state index in [-0.39, 0.29) is 16.9 Å². The van der Waals surface area contributed by atoms with Crippen LogP contribution in [-0.2, 0) is 19.8 Å². The SMILES string of the molecule is C#Cc1cccc(-c2cc(=O)n(C)c3ccc([C@](F)(c4ccc(Cl)cc4)c4cnnn4C)nc23)n1. The highest BCUT2D eigenvalue weighted by molar-refractivity contribution is 6.30. The van der Waals surface area contributed by atoms with Gasteiger partial charge in [0.2, 0.25) is 5.67 Å². The lowest BCUT2D eigenvalue weighted by molar-refractivity contribution is 0.257. The Morgan fingerprint density at radius 3 is 2.51 bits per heavy atom. The molecule has 5 aromatic rings. The molecule has 0 spiro atoms. The first-order valence-corrected chi connectivity index (χ1v) is 11.0. The topological polar surface area (TPSA) is 78.5 Å². The van der Waals surface area contributed by atoms with Gasteiger partial charge in [-0.05, 0) is 36.4 Å². The van der Waals surface area contributed by atoms with Gasteiger partial charge in [-0.15, -0.1) is 11.5 Å². The number of alkyl halides is 1. The maximum Gasteiger partial charge on any atom is 0.251 e. The minimum atomic E-state index is -2.21. The zero-order chi connectivity index (χ0) is 24.7. The van der Waals surface area contributed by atoms with Crippen LogP contribution in [-0.4, -0.2) is 29.5 Å². The Bertz CT molecular complexity index is 1690. The summed E-state index contributed by atoms with van der Waals surface area (Å²) in [4.78, 5) is 21.9. The Kier molecular flexibility index (Phi) is 5.42. The van der Waals surface area contributed by atoms with Crippen molar-refractivity contribution in [2.75, 3.05) is 0 Å². The third kappa shape index (κ3) is 3.66. The van der Waals surface area contributed by atoms with Gasteiger partial charge in [-0.25, -0.2) is 19.0 Å². The number of hydrogen-bond donors (Lipinski definition) is 0. The van der Waals surface area contributed by atoms with Crippen LogP contribution in [0.25, 0.3) is 22.3 Å². The van der Waals surface area contributed by atoms with E-state index < -0.39 is 5.67 Å². The summed E-state index contributed by atoms with van der Waals surface area (Å²) in [7, 11) is 3.24. The Hall–Kier alpha value is -4.35. The van der Waals surface area contributed by atoms with Crippen LogP contribution in [0.15, 0.2) is 71.7 Å². The zero-order valence-electron chi connectivity index (χ0n) is 18.8. The monoisotopic (exact) mass is 484 g/mol. The number of aryl methyl sites for hydroxylation is 2. The highest BCUT2D eigenvalue weighted by Crippen LogP contribution is 2.40. The number of terminal acetylenes is 1. The molecule has 0 saturated heterocycles. The summed E-state index contributed by atoms with van der Waals surface area (Å²) < 4.78 is 20.1. The molecule has 0 aliphatic rings. The number of fused-ring (bicyclic) bond motifs is 1. The molecule has 1 atom stereocenters. The zero-order valence-corrected chi connectivity index (χ0v) is 19.5. The summed E-state index contributed by atoms with van der Waals surface area (Å²) in [5.41, 5.74) is 0.355. The van der Waals surface area contributed by atoms with Crippen molar-refractivity contribution in [3.63, 3.8) is 0 Å². The third-order valence-electron chi connectivity index (χ3n) is 5.92. The van der Waals surface area contributed by atoms with E-state index in [0.717, 1.165) is 0 Å². The normalized spacial score (nSPS) is 12.9. The van der Waals surface area contributed by atoms with E-state index >= 15 is 4.39 Å². The van der Waals surface area contributed by atoms with Crippen LogP contribution >= 0.6 is 11.6 Å². The average Bonchev–Trinajstić information content (AvgIpc) is 3.32. The summed E-state index contributed by atoms with van der Waals surface area (Å²) in [6, 6.07) is 16.2. The van der Waals surface area contributed by atoms with Gasteiger partial charge in [-0.3, -0.25) is 4.79 Å². The van der Waals surface area contributed by atoms with Gasteiger partial charge in [0.15, 0.2) is 0 Å². The molecule has 4 heterocycles. The molecule has 0 aliphatic heterocycles. The van der Waals surface area contributed by atoms with Gasteiger partial charge in [0, 0.05) is 36.3 Å². The number of benzene rings is 1. The van der Waals surface area contributed by atoms with Crippen LogP contribution < -0.4 is 5.56 Å². The van der Waals surface area contributed by atoms with Crippen LogP contribution in [0.1, 0.15) is 22.6 Å². The van der Waals surface area contributed by atoms with E-state index in [1.165, 1.54) is 21.5 Å². The Balaban J connectivity index is 1.84. The van der Waals surface area contributed by atoms with Crippen molar-refractivity contribution in [3.05, 3.63) is 105 Å². The average molecular weight is 485 g/mol. The number of rotatable bonds is 4. The molecule has 0 amide bonds. The summed E-state index contributed by atoms with van der Waals surface area (Å²) in [6.07, 6.45) is 6.88. The molecule has 4 aromatic heterocycles. The maximum atomic E-state index is 17.3. The molecule has 0 bridgehead atoms. The quantitative estimate of drug-likeness (QED) is 0.360. The molecule has 35 heavy (non-hydrogen) atoms. The van der Waals surface area contributed by atoms with Crippen LogP contribution in [0.3, 0.4) is 0 Å². The molecule has 0 aliphatic carbocycles. The smallest absolute Gasteiger partial charge is 0.251 e. The molecule has 0 unspecified atom stereocenters. The van der Waals surface area contributed by atoms with Crippen molar-refractivity contribution in [3.8, 4) is 23.6 Å². The Labute approximate surface area is 204 Å². The second-order valence-electron chi connectivity index (χ2n) is 7.98. The van der Waals surface area contributed by atoms with Crippen LogP contribution in [0.4, 0.5) is 4.39 Å². The second-order valence-corrected chi connectivity index (χ2v) is 8.42. The second kappa shape index (κ2) is 8.46. The third-order valence-corrected chi connectivity index (χ3v) is 6.18. The van der Waals surface area contributed by atoms with Crippen molar-refractivity contribution in [2.45, 2.75) is 5.67 Å². The molecule has 5 rings (SSSR count). The van der Waals surface area contributed by atoms with E-state index in [2.05, 4.69) is 21.2 Å². The number of aromatic nitrogens is 6. The fourth-order valence-electron chi connectivity index (χ4n) is 4.09. The summed E-state index contributed by atoms with van der Waals surface area (Å²) in [5, 5.41) is 8.27. The minimum absolute atomic E-state index is 0.0886. The molecular weight excluding hydrogens is 467 g/mol.